The molecule has 0 heterocycles. The number of nitrogen functional groups attached to an aromatic ring is 1. The Kier molecular flexibility index (Phi) is 3.96. The van der Waals surface area contributed by atoms with Crippen molar-refractivity contribution < 1.29 is 8.42 Å². The van der Waals surface area contributed by atoms with Crippen LogP contribution in [0.4, 0.5) is 17.1 Å². The van der Waals surface area contributed by atoms with E-state index in [9.17, 15) is 8.42 Å². The van der Waals surface area contributed by atoms with Crippen LogP contribution in [0.1, 0.15) is 0 Å². The molecule has 6 heteroatoms. The molecule has 20 heavy (non-hydrogen) atoms. The Morgan fingerprint density at radius 3 is 1.80 bits per heavy atom. The first kappa shape index (κ1) is 14.4. The van der Waals surface area contributed by atoms with E-state index in [1.807, 2.05) is 12.1 Å². The van der Waals surface area contributed by atoms with Gasteiger partial charge in [0.15, 0.2) is 0 Å². The fourth-order valence-corrected chi connectivity index (χ4v) is 2.56. The topological polar surface area (TPSA) is 75.4 Å². The minimum Gasteiger partial charge on any atom is -0.399 e. The zero-order valence-electron chi connectivity index (χ0n) is 11.4. The van der Waals surface area contributed by atoms with Gasteiger partial charge in [0, 0.05) is 31.2 Å². The number of hydrogen-bond acceptors (Lipinski definition) is 4. The SMILES string of the molecule is CN(C)S(=O)(=O)c1ccc(Nc2ccc(N)cc2)cc1. The fourth-order valence-electron chi connectivity index (χ4n) is 1.65. The van der Waals surface area contributed by atoms with Gasteiger partial charge in [0.2, 0.25) is 10.0 Å². The van der Waals surface area contributed by atoms with E-state index in [0.717, 1.165) is 11.4 Å². The summed E-state index contributed by atoms with van der Waals surface area (Å²) in [4.78, 5) is 0.269. The second kappa shape index (κ2) is 5.52. The maximum atomic E-state index is 11.9. The minimum absolute atomic E-state index is 0.269. The van der Waals surface area contributed by atoms with Crippen molar-refractivity contribution in [3.8, 4) is 0 Å². The molecule has 0 spiro atoms. The highest BCUT2D eigenvalue weighted by molar-refractivity contribution is 7.89. The average Bonchev–Trinajstić information content (AvgIpc) is 2.42. The van der Waals surface area contributed by atoms with Crippen LogP contribution in [0, 0.1) is 0 Å². The Morgan fingerprint density at radius 1 is 0.900 bits per heavy atom. The Balaban J connectivity index is 2.19. The van der Waals surface area contributed by atoms with Gasteiger partial charge in [0.25, 0.3) is 0 Å². The van der Waals surface area contributed by atoms with Crippen molar-refractivity contribution in [3.05, 3.63) is 48.5 Å². The van der Waals surface area contributed by atoms with Crippen LogP contribution >= 0.6 is 0 Å². The van der Waals surface area contributed by atoms with Crippen LogP contribution in [0.3, 0.4) is 0 Å². The molecular weight excluding hydrogens is 274 g/mol. The standard InChI is InChI=1S/C14H17N3O2S/c1-17(2)20(18,19)14-9-7-13(8-10-14)16-12-5-3-11(15)4-6-12/h3-10,16H,15H2,1-2H3. The first-order valence-corrected chi connectivity index (χ1v) is 7.49. The van der Waals surface area contributed by atoms with Gasteiger partial charge in [-0.1, -0.05) is 0 Å². The van der Waals surface area contributed by atoms with Crippen molar-refractivity contribution in [2.75, 3.05) is 25.1 Å². The molecule has 2 aromatic carbocycles. The number of anilines is 3. The lowest BCUT2D eigenvalue weighted by Gasteiger charge is -2.12. The molecule has 5 nitrogen and oxygen atoms in total. The molecule has 0 fully saturated rings. The normalized spacial score (nSPS) is 11.6. The lowest BCUT2D eigenvalue weighted by molar-refractivity contribution is 0.521. The van der Waals surface area contributed by atoms with E-state index < -0.39 is 10.0 Å². The number of rotatable bonds is 4. The molecule has 2 rings (SSSR count). The molecule has 0 bridgehead atoms. The molecule has 0 radical (unpaired) electrons. The molecule has 0 aromatic heterocycles. The molecule has 0 aliphatic heterocycles. The maximum absolute atomic E-state index is 11.9. The highest BCUT2D eigenvalue weighted by atomic mass is 32.2. The predicted octanol–water partition coefficient (Wildman–Crippen LogP) is 2.26. The van der Waals surface area contributed by atoms with Crippen molar-refractivity contribution in [1.29, 1.82) is 0 Å². The molecular formula is C14H17N3O2S. The van der Waals surface area contributed by atoms with Crippen molar-refractivity contribution in [2.45, 2.75) is 4.90 Å². The Labute approximate surface area is 119 Å². The zero-order valence-corrected chi connectivity index (χ0v) is 12.2. The Morgan fingerprint density at radius 2 is 1.35 bits per heavy atom. The molecule has 0 saturated heterocycles. The zero-order chi connectivity index (χ0) is 14.8. The van der Waals surface area contributed by atoms with Crippen LogP contribution in [0.2, 0.25) is 0 Å². The third-order valence-corrected chi connectivity index (χ3v) is 4.66. The van der Waals surface area contributed by atoms with Crippen molar-refractivity contribution in [2.24, 2.45) is 0 Å². The second-order valence-electron chi connectivity index (χ2n) is 4.56. The first-order chi connectivity index (χ1) is 9.39. The van der Waals surface area contributed by atoms with Crippen molar-refractivity contribution in [1.82, 2.24) is 4.31 Å². The predicted molar refractivity (Wildman–Crippen MR) is 81.5 cm³/mol. The first-order valence-electron chi connectivity index (χ1n) is 6.05. The summed E-state index contributed by atoms with van der Waals surface area (Å²) in [7, 11) is -0.364. The number of nitrogens with one attached hydrogen (secondary N) is 1. The summed E-state index contributed by atoms with van der Waals surface area (Å²) >= 11 is 0. The molecule has 3 N–H and O–H groups in total. The summed E-state index contributed by atoms with van der Waals surface area (Å²) in [6, 6.07) is 13.9. The van der Waals surface area contributed by atoms with E-state index in [-0.39, 0.29) is 4.90 Å². The highest BCUT2D eigenvalue weighted by Crippen LogP contribution is 2.20. The van der Waals surface area contributed by atoms with Gasteiger partial charge >= 0.3 is 0 Å². The molecule has 0 unspecified atom stereocenters. The summed E-state index contributed by atoms with van der Waals surface area (Å²) in [5.74, 6) is 0. The van der Waals surface area contributed by atoms with Gasteiger partial charge in [-0.05, 0) is 48.5 Å². The number of sulfonamides is 1. The quantitative estimate of drug-likeness (QED) is 0.847. The smallest absolute Gasteiger partial charge is 0.242 e. The summed E-state index contributed by atoms with van der Waals surface area (Å²) in [5.41, 5.74) is 8.02. The number of benzene rings is 2. The maximum Gasteiger partial charge on any atom is 0.242 e. The van der Waals surface area contributed by atoms with Gasteiger partial charge in [-0.25, -0.2) is 12.7 Å². The van der Waals surface area contributed by atoms with Crippen LogP contribution in [0.15, 0.2) is 53.4 Å². The van der Waals surface area contributed by atoms with Gasteiger partial charge in [0.1, 0.15) is 0 Å². The van der Waals surface area contributed by atoms with E-state index in [4.69, 9.17) is 5.73 Å². The summed E-state index contributed by atoms with van der Waals surface area (Å²) in [6.45, 7) is 0. The van der Waals surface area contributed by atoms with E-state index in [0.29, 0.717) is 5.69 Å². The molecule has 106 valence electrons. The van der Waals surface area contributed by atoms with Gasteiger partial charge in [-0.3, -0.25) is 0 Å². The van der Waals surface area contributed by atoms with Crippen LogP contribution in [0.5, 0.6) is 0 Å². The minimum atomic E-state index is -3.38. The van der Waals surface area contributed by atoms with Gasteiger partial charge in [0.05, 0.1) is 4.90 Å². The van der Waals surface area contributed by atoms with Crippen LogP contribution in [-0.4, -0.2) is 26.8 Å². The summed E-state index contributed by atoms with van der Waals surface area (Å²) in [5, 5.41) is 3.18. The largest absolute Gasteiger partial charge is 0.399 e. The number of hydrogen-bond donors (Lipinski definition) is 2. The van der Waals surface area contributed by atoms with E-state index in [1.165, 1.54) is 18.4 Å². The number of nitrogens with two attached hydrogens (primary N) is 1. The van der Waals surface area contributed by atoms with Crippen LogP contribution in [0.25, 0.3) is 0 Å². The monoisotopic (exact) mass is 291 g/mol. The van der Waals surface area contributed by atoms with Crippen LogP contribution in [-0.2, 0) is 10.0 Å². The number of nitrogens with zero attached hydrogens (tertiary/aromatic N) is 1. The van der Waals surface area contributed by atoms with E-state index in [1.54, 1.807) is 36.4 Å². The average molecular weight is 291 g/mol. The van der Waals surface area contributed by atoms with Gasteiger partial charge in [-0.15, -0.1) is 0 Å². The third-order valence-electron chi connectivity index (χ3n) is 2.83. The van der Waals surface area contributed by atoms with Gasteiger partial charge < -0.3 is 11.1 Å². The molecule has 0 atom stereocenters. The molecule has 0 saturated carbocycles. The summed E-state index contributed by atoms with van der Waals surface area (Å²) in [6.07, 6.45) is 0. The molecule has 0 aliphatic rings. The molecule has 2 aromatic rings. The lowest BCUT2D eigenvalue weighted by Crippen LogP contribution is -2.22. The second-order valence-corrected chi connectivity index (χ2v) is 6.71. The highest BCUT2D eigenvalue weighted by Gasteiger charge is 2.16. The lowest BCUT2D eigenvalue weighted by atomic mass is 10.2. The van der Waals surface area contributed by atoms with Crippen LogP contribution < -0.4 is 11.1 Å². The Hall–Kier alpha value is -2.05. The molecule has 0 aliphatic carbocycles. The molecule has 0 amide bonds. The van der Waals surface area contributed by atoms with E-state index in [2.05, 4.69) is 5.32 Å². The van der Waals surface area contributed by atoms with E-state index >= 15 is 0 Å². The third kappa shape index (κ3) is 3.09. The van der Waals surface area contributed by atoms with Crippen molar-refractivity contribution >= 4 is 27.1 Å². The fraction of sp³-hybridized carbons (Fsp3) is 0.143. The van der Waals surface area contributed by atoms with Gasteiger partial charge in [-0.2, -0.15) is 0 Å². The summed E-state index contributed by atoms with van der Waals surface area (Å²) < 4.78 is 25.1. The van der Waals surface area contributed by atoms with Crippen molar-refractivity contribution in [3.63, 3.8) is 0 Å². The Bertz CT molecular complexity index is 677.